The molecule has 0 fully saturated rings. The van der Waals surface area contributed by atoms with Crippen LogP contribution in [0.5, 0.6) is 11.5 Å². The number of benzene rings is 4. The summed E-state index contributed by atoms with van der Waals surface area (Å²) in [5, 5.41) is 18.1. The molecule has 0 aliphatic heterocycles. The van der Waals surface area contributed by atoms with Gasteiger partial charge in [-0.2, -0.15) is 14.9 Å². The SMILES string of the molecule is N#Cc1c(F)c(F)c(Oc2ccc(-c3ccccc3)cc2-c2ccccc2)c(F)c1C#N. The summed E-state index contributed by atoms with van der Waals surface area (Å²) in [5.41, 5.74) is 1.05. The van der Waals surface area contributed by atoms with Crippen LogP contribution in [0.3, 0.4) is 0 Å². The van der Waals surface area contributed by atoms with Crippen molar-refractivity contribution in [1.82, 2.24) is 0 Å². The second kappa shape index (κ2) is 8.67. The molecule has 0 atom stereocenters. The summed E-state index contributed by atoms with van der Waals surface area (Å²) in [7, 11) is 0. The van der Waals surface area contributed by atoms with E-state index in [2.05, 4.69) is 0 Å². The Bertz CT molecular complexity index is 1390. The number of rotatable bonds is 4. The summed E-state index contributed by atoms with van der Waals surface area (Å²) < 4.78 is 49.2. The normalized spacial score (nSPS) is 10.3. The van der Waals surface area contributed by atoms with Crippen molar-refractivity contribution >= 4 is 0 Å². The van der Waals surface area contributed by atoms with Crippen molar-refractivity contribution in [3.63, 3.8) is 0 Å². The van der Waals surface area contributed by atoms with Crippen molar-refractivity contribution in [2.24, 2.45) is 0 Å². The highest BCUT2D eigenvalue weighted by atomic mass is 19.2. The number of nitrogens with zero attached hydrogens (tertiary/aromatic N) is 2. The molecule has 0 spiro atoms. The Morgan fingerprint density at radius 1 is 0.594 bits per heavy atom. The van der Waals surface area contributed by atoms with E-state index in [0.717, 1.165) is 11.1 Å². The summed E-state index contributed by atoms with van der Waals surface area (Å²) in [5.74, 6) is -5.77. The van der Waals surface area contributed by atoms with Crippen molar-refractivity contribution in [1.29, 1.82) is 10.5 Å². The van der Waals surface area contributed by atoms with Gasteiger partial charge in [-0.05, 0) is 28.8 Å². The molecule has 0 bridgehead atoms. The van der Waals surface area contributed by atoms with Crippen LogP contribution in [0.15, 0.2) is 78.9 Å². The largest absolute Gasteiger partial charge is 0.450 e. The van der Waals surface area contributed by atoms with Gasteiger partial charge in [0.1, 0.15) is 29.0 Å². The Kier molecular flexibility index (Phi) is 5.61. The Hall–Kier alpha value is -4.55. The smallest absolute Gasteiger partial charge is 0.205 e. The Labute approximate surface area is 182 Å². The second-order valence-corrected chi connectivity index (χ2v) is 6.79. The molecule has 4 rings (SSSR count). The Morgan fingerprint density at radius 3 is 1.75 bits per heavy atom. The summed E-state index contributed by atoms with van der Waals surface area (Å²) in [4.78, 5) is 0. The molecular weight excluding hydrogens is 413 g/mol. The maximum absolute atomic E-state index is 14.8. The Balaban J connectivity index is 1.90. The van der Waals surface area contributed by atoms with Gasteiger partial charge in [-0.15, -0.1) is 0 Å². The molecule has 0 unspecified atom stereocenters. The number of nitriles is 2. The average Bonchev–Trinajstić information content (AvgIpc) is 2.85. The topological polar surface area (TPSA) is 56.8 Å². The van der Waals surface area contributed by atoms with Gasteiger partial charge < -0.3 is 4.74 Å². The van der Waals surface area contributed by atoms with E-state index in [1.54, 1.807) is 36.4 Å². The van der Waals surface area contributed by atoms with Crippen molar-refractivity contribution in [3.8, 4) is 45.9 Å². The van der Waals surface area contributed by atoms with Gasteiger partial charge in [-0.1, -0.05) is 66.7 Å². The highest BCUT2D eigenvalue weighted by Crippen LogP contribution is 2.40. The maximum Gasteiger partial charge on any atom is 0.205 e. The summed E-state index contributed by atoms with van der Waals surface area (Å²) in [6, 6.07) is 26.2. The zero-order valence-electron chi connectivity index (χ0n) is 16.4. The van der Waals surface area contributed by atoms with Gasteiger partial charge in [0.05, 0.1) is 0 Å². The van der Waals surface area contributed by atoms with Gasteiger partial charge >= 0.3 is 0 Å². The van der Waals surface area contributed by atoms with Gasteiger partial charge in [0.25, 0.3) is 0 Å². The first-order chi connectivity index (χ1) is 15.5. The lowest BCUT2D eigenvalue weighted by Crippen LogP contribution is -2.04. The predicted octanol–water partition coefficient (Wildman–Crippen LogP) is 6.97. The standard InChI is InChI=1S/C26H13F3N2O/c27-23-20(14-30)21(15-31)24(28)26(25(23)29)32-22-12-11-18(16-7-3-1-4-8-16)13-19(22)17-9-5-2-6-10-17/h1-13H. The fraction of sp³-hybridized carbons (Fsp3) is 0. The van der Waals surface area contributed by atoms with E-state index in [1.807, 2.05) is 36.4 Å². The molecule has 0 aliphatic rings. The first-order valence-corrected chi connectivity index (χ1v) is 9.48. The fourth-order valence-electron chi connectivity index (χ4n) is 3.32. The molecule has 0 aromatic heterocycles. The first kappa shape index (κ1) is 20.7. The molecule has 154 valence electrons. The average molecular weight is 426 g/mol. The van der Waals surface area contributed by atoms with Gasteiger partial charge in [0.2, 0.25) is 11.6 Å². The van der Waals surface area contributed by atoms with E-state index in [-0.39, 0.29) is 5.75 Å². The van der Waals surface area contributed by atoms with Crippen LogP contribution in [0, 0.1) is 40.1 Å². The molecule has 0 saturated carbocycles. The zero-order valence-corrected chi connectivity index (χ0v) is 16.4. The van der Waals surface area contributed by atoms with Crippen LogP contribution >= 0.6 is 0 Å². The molecule has 4 aromatic rings. The zero-order chi connectivity index (χ0) is 22.7. The van der Waals surface area contributed by atoms with E-state index in [9.17, 15) is 13.2 Å². The highest BCUT2D eigenvalue weighted by molar-refractivity contribution is 5.78. The lowest BCUT2D eigenvalue weighted by molar-refractivity contribution is 0.386. The van der Waals surface area contributed by atoms with E-state index < -0.39 is 34.3 Å². The summed E-state index contributed by atoms with van der Waals surface area (Å²) in [6.45, 7) is 0. The third-order valence-electron chi connectivity index (χ3n) is 4.89. The fourth-order valence-corrected chi connectivity index (χ4v) is 3.32. The minimum absolute atomic E-state index is 0.0571. The van der Waals surface area contributed by atoms with Crippen LogP contribution in [0.1, 0.15) is 11.1 Å². The number of halogens is 3. The monoisotopic (exact) mass is 426 g/mol. The molecule has 32 heavy (non-hydrogen) atoms. The van der Waals surface area contributed by atoms with Crippen LogP contribution in [-0.4, -0.2) is 0 Å². The van der Waals surface area contributed by atoms with Gasteiger partial charge in [-0.3, -0.25) is 0 Å². The van der Waals surface area contributed by atoms with E-state index in [1.165, 1.54) is 18.2 Å². The first-order valence-electron chi connectivity index (χ1n) is 9.48. The van der Waals surface area contributed by atoms with Crippen LogP contribution in [0.4, 0.5) is 13.2 Å². The molecule has 0 amide bonds. The maximum atomic E-state index is 14.8. The summed E-state index contributed by atoms with van der Waals surface area (Å²) in [6.07, 6.45) is 0. The minimum atomic E-state index is -1.68. The number of hydrogen-bond donors (Lipinski definition) is 0. The van der Waals surface area contributed by atoms with E-state index in [4.69, 9.17) is 15.3 Å². The third-order valence-corrected chi connectivity index (χ3v) is 4.89. The van der Waals surface area contributed by atoms with Gasteiger partial charge in [-0.25, -0.2) is 8.78 Å². The molecule has 0 N–H and O–H groups in total. The van der Waals surface area contributed by atoms with E-state index >= 15 is 0 Å². The van der Waals surface area contributed by atoms with Crippen LogP contribution in [0.25, 0.3) is 22.3 Å². The van der Waals surface area contributed by atoms with Gasteiger partial charge in [0, 0.05) is 5.56 Å². The number of ether oxygens (including phenoxy) is 1. The van der Waals surface area contributed by atoms with Gasteiger partial charge in [0.15, 0.2) is 11.6 Å². The predicted molar refractivity (Wildman–Crippen MR) is 113 cm³/mol. The van der Waals surface area contributed by atoms with Crippen molar-refractivity contribution in [2.45, 2.75) is 0 Å². The lowest BCUT2D eigenvalue weighted by atomic mass is 9.98. The highest BCUT2D eigenvalue weighted by Gasteiger charge is 2.27. The minimum Gasteiger partial charge on any atom is -0.450 e. The molecule has 4 aromatic carbocycles. The molecule has 0 radical (unpaired) electrons. The van der Waals surface area contributed by atoms with Crippen LogP contribution in [-0.2, 0) is 0 Å². The van der Waals surface area contributed by atoms with Crippen molar-refractivity contribution in [2.75, 3.05) is 0 Å². The number of hydrogen-bond acceptors (Lipinski definition) is 3. The van der Waals surface area contributed by atoms with Crippen LogP contribution < -0.4 is 4.74 Å². The molecular formula is C26H13F3N2O. The quantitative estimate of drug-likeness (QED) is 0.331. The van der Waals surface area contributed by atoms with Crippen molar-refractivity contribution in [3.05, 3.63) is 107 Å². The molecule has 0 saturated heterocycles. The lowest BCUT2D eigenvalue weighted by Gasteiger charge is -2.15. The summed E-state index contributed by atoms with van der Waals surface area (Å²) >= 11 is 0. The Morgan fingerprint density at radius 2 is 1.16 bits per heavy atom. The molecule has 0 aliphatic carbocycles. The third kappa shape index (κ3) is 3.66. The van der Waals surface area contributed by atoms with Crippen LogP contribution in [0.2, 0.25) is 0 Å². The molecule has 0 heterocycles. The van der Waals surface area contributed by atoms with E-state index in [0.29, 0.717) is 11.1 Å². The molecule has 6 heteroatoms. The van der Waals surface area contributed by atoms with Crippen molar-refractivity contribution < 1.29 is 17.9 Å². The second-order valence-electron chi connectivity index (χ2n) is 6.79. The molecule has 3 nitrogen and oxygen atoms in total.